The standard InChI is InChI=1S/C29H41N3O5/c1-10-20(4)32(27(34)21(5)30-28(35)37-29(6,7)8)25(22-12-11-18(2)19(3)17-22)26(33)31-23-13-15-24(36-9)16-14-23/h11-17,20-21,25H,10H2,1-9H3,(H,30,35)(H,31,33). The van der Waals surface area contributed by atoms with E-state index in [1.165, 1.54) is 0 Å². The van der Waals surface area contributed by atoms with Crippen molar-refractivity contribution in [1.82, 2.24) is 10.2 Å². The quantitative estimate of drug-likeness (QED) is 0.461. The zero-order valence-electron chi connectivity index (χ0n) is 23.5. The summed E-state index contributed by atoms with van der Waals surface area (Å²) in [7, 11) is 1.57. The summed E-state index contributed by atoms with van der Waals surface area (Å²) in [5.74, 6) is -0.0676. The van der Waals surface area contributed by atoms with Crippen molar-refractivity contribution < 1.29 is 23.9 Å². The third-order valence-electron chi connectivity index (χ3n) is 6.15. The van der Waals surface area contributed by atoms with Gasteiger partial charge < -0.3 is 25.0 Å². The number of aryl methyl sites for hydroxylation is 2. The van der Waals surface area contributed by atoms with E-state index in [9.17, 15) is 14.4 Å². The van der Waals surface area contributed by atoms with E-state index in [1.807, 2.05) is 45.9 Å². The molecule has 0 fully saturated rings. The molecule has 2 aromatic carbocycles. The molecule has 37 heavy (non-hydrogen) atoms. The number of amides is 3. The molecule has 2 aromatic rings. The van der Waals surface area contributed by atoms with E-state index >= 15 is 0 Å². The maximum atomic E-state index is 13.8. The maximum Gasteiger partial charge on any atom is 0.408 e. The number of nitrogens with zero attached hydrogens (tertiary/aromatic N) is 1. The predicted molar refractivity (Wildman–Crippen MR) is 146 cm³/mol. The average Bonchev–Trinajstić information content (AvgIpc) is 2.82. The molecule has 0 radical (unpaired) electrons. The van der Waals surface area contributed by atoms with Crippen LogP contribution < -0.4 is 15.4 Å². The number of carbonyl (C=O) groups is 3. The van der Waals surface area contributed by atoms with Crippen LogP contribution in [0.3, 0.4) is 0 Å². The SMILES string of the molecule is CCC(C)N(C(=O)C(C)NC(=O)OC(C)(C)C)C(C(=O)Nc1ccc(OC)cc1)c1ccc(C)c(C)c1. The molecule has 3 unspecified atom stereocenters. The van der Waals surface area contributed by atoms with Crippen LogP contribution in [0.15, 0.2) is 42.5 Å². The van der Waals surface area contributed by atoms with Crippen molar-refractivity contribution in [3.05, 3.63) is 59.2 Å². The number of benzene rings is 2. The number of carbonyl (C=O) groups excluding carboxylic acids is 3. The third kappa shape index (κ3) is 8.23. The number of hydrogen-bond donors (Lipinski definition) is 2. The Balaban J connectivity index is 2.48. The minimum atomic E-state index is -0.924. The molecule has 0 heterocycles. The second-order valence-electron chi connectivity index (χ2n) is 10.3. The lowest BCUT2D eigenvalue weighted by atomic mass is 9.96. The Bertz CT molecular complexity index is 1090. The molecule has 202 valence electrons. The minimum Gasteiger partial charge on any atom is -0.497 e. The molecule has 0 saturated heterocycles. The van der Waals surface area contributed by atoms with E-state index in [0.29, 0.717) is 23.4 Å². The highest BCUT2D eigenvalue weighted by Gasteiger charge is 2.37. The summed E-state index contributed by atoms with van der Waals surface area (Å²) in [5.41, 5.74) is 2.66. The fourth-order valence-electron chi connectivity index (χ4n) is 3.82. The Hall–Kier alpha value is -3.55. The first-order chi connectivity index (χ1) is 17.3. The van der Waals surface area contributed by atoms with E-state index in [1.54, 1.807) is 64.0 Å². The lowest BCUT2D eigenvalue weighted by Crippen LogP contribution is -2.53. The fourth-order valence-corrected chi connectivity index (χ4v) is 3.82. The molecule has 3 amide bonds. The van der Waals surface area contributed by atoms with Crippen molar-refractivity contribution in [3.63, 3.8) is 0 Å². The van der Waals surface area contributed by atoms with Gasteiger partial charge >= 0.3 is 6.09 Å². The van der Waals surface area contributed by atoms with Crippen molar-refractivity contribution in [1.29, 1.82) is 0 Å². The monoisotopic (exact) mass is 511 g/mol. The first-order valence-electron chi connectivity index (χ1n) is 12.6. The third-order valence-corrected chi connectivity index (χ3v) is 6.15. The Labute approximate surface area is 220 Å². The highest BCUT2D eigenvalue weighted by atomic mass is 16.6. The summed E-state index contributed by atoms with van der Waals surface area (Å²) in [6, 6.07) is 10.6. The molecule has 0 saturated carbocycles. The van der Waals surface area contributed by atoms with E-state index < -0.39 is 23.8 Å². The summed E-state index contributed by atoms with van der Waals surface area (Å²) in [5, 5.41) is 5.58. The number of nitrogens with one attached hydrogen (secondary N) is 2. The summed E-state index contributed by atoms with van der Waals surface area (Å²) in [6.45, 7) is 14.7. The van der Waals surface area contributed by atoms with Crippen molar-refractivity contribution >= 4 is 23.6 Å². The van der Waals surface area contributed by atoms with Crippen molar-refractivity contribution in [2.75, 3.05) is 12.4 Å². The highest BCUT2D eigenvalue weighted by molar-refractivity contribution is 5.99. The van der Waals surface area contributed by atoms with Crippen LogP contribution in [0.4, 0.5) is 10.5 Å². The van der Waals surface area contributed by atoms with Gasteiger partial charge in [-0.15, -0.1) is 0 Å². The van der Waals surface area contributed by atoms with Gasteiger partial charge in [0.1, 0.15) is 23.4 Å². The van der Waals surface area contributed by atoms with Crippen molar-refractivity contribution in [2.24, 2.45) is 0 Å². The predicted octanol–water partition coefficient (Wildman–Crippen LogP) is 5.53. The van der Waals surface area contributed by atoms with E-state index in [4.69, 9.17) is 9.47 Å². The van der Waals surface area contributed by atoms with Crippen LogP contribution in [-0.2, 0) is 14.3 Å². The topological polar surface area (TPSA) is 97.0 Å². The zero-order chi connectivity index (χ0) is 27.9. The summed E-state index contributed by atoms with van der Waals surface area (Å²) >= 11 is 0. The molecule has 8 heteroatoms. The zero-order valence-corrected chi connectivity index (χ0v) is 23.5. The maximum absolute atomic E-state index is 13.8. The summed E-state index contributed by atoms with van der Waals surface area (Å²) in [6.07, 6.45) is -0.0786. The number of anilines is 1. The van der Waals surface area contributed by atoms with Crippen LogP contribution in [0.25, 0.3) is 0 Å². The summed E-state index contributed by atoms with van der Waals surface area (Å²) < 4.78 is 10.5. The van der Waals surface area contributed by atoms with Crippen LogP contribution in [0, 0.1) is 13.8 Å². The number of hydrogen-bond acceptors (Lipinski definition) is 5. The second kappa shape index (κ2) is 12.6. The van der Waals surface area contributed by atoms with Crippen molar-refractivity contribution in [2.45, 2.75) is 85.5 Å². The van der Waals surface area contributed by atoms with Crippen LogP contribution in [0.1, 0.15) is 70.7 Å². The van der Waals surface area contributed by atoms with Gasteiger partial charge in [0.2, 0.25) is 5.91 Å². The second-order valence-corrected chi connectivity index (χ2v) is 10.3. The lowest BCUT2D eigenvalue weighted by Gasteiger charge is -2.37. The van der Waals surface area contributed by atoms with E-state index in [2.05, 4.69) is 10.6 Å². The van der Waals surface area contributed by atoms with Gasteiger partial charge in [0.15, 0.2) is 0 Å². The lowest BCUT2D eigenvalue weighted by molar-refractivity contribution is -0.143. The van der Waals surface area contributed by atoms with E-state index in [-0.39, 0.29) is 17.9 Å². The van der Waals surface area contributed by atoms with Gasteiger partial charge in [-0.1, -0.05) is 25.1 Å². The molecule has 0 bridgehead atoms. The normalized spacial score (nSPS) is 13.6. The van der Waals surface area contributed by atoms with Gasteiger partial charge in [-0.2, -0.15) is 0 Å². The molecular weight excluding hydrogens is 470 g/mol. The number of alkyl carbamates (subject to hydrolysis) is 1. The van der Waals surface area contributed by atoms with Gasteiger partial charge in [0, 0.05) is 11.7 Å². The first kappa shape index (κ1) is 29.7. The van der Waals surface area contributed by atoms with Crippen LogP contribution >= 0.6 is 0 Å². The Morgan fingerprint density at radius 2 is 1.59 bits per heavy atom. The molecule has 3 atom stereocenters. The Morgan fingerprint density at radius 3 is 2.11 bits per heavy atom. The molecule has 0 spiro atoms. The largest absolute Gasteiger partial charge is 0.497 e. The van der Waals surface area contributed by atoms with Crippen LogP contribution in [-0.4, -0.2) is 47.6 Å². The molecule has 2 rings (SSSR count). The molecule has 0 aliphatic carbocycles. The molecule has 0 aliphatic heterocycles. The molecular formula is C29H41N3O5. The van der Waals surface area contributed by atoms with Gasteiger partial charge in [-0.3, -0.25) is 9.59 Å². The molecule has 8 nitrogen and oxygen atoms in total. The molecule has 2 N–H and O–H groups in total. The fraction of sp³-hybridized carbons (Fsp3) is 0.483. The van der Waals surface area contributed by atoms with E-state index in [0.717, 1.165) is 11.1 Å². The molecule has 0 aliphatic rings. The average molecular weight is 512 g/mol. The van der Waals surface area contributed by atoms with Crippen LogP contribution in [0.5, 0.6) is 5.75 Å². The number of rotatable bonds is 9. The van der Waals surface area contributed by atoms with Crippen LogP contribution in [0.2, 0.25) is 0 Å². The first-order valence-corrected chi connectivity index (χ1v) is 12.6. The minimum absolute atomic E-state index is 0.288. The van der Waals surface area contributed by atoms with Gasteiger partial charge in [0.05, 0.1) is 7.11 Å². The van der Waals surface area contributed by atoms with Gasteiger partial charge in [-0.05, 0) is 95.8 Å². The molecule has 0 aromatic heterocycles. The Morgan fingerprint density at radius 1 is 0.973 bits per heavy atom. The number of methoxy groups -OCH3 is 1. The van der Waals surface area contributed by atoms with Crippen molar-refractivity contribution in [3.8, 4) is 5.75 Å². The van der Waals surface area contributed by atoms with Gasteiger partial charge in [-0.25, -0.2) is 4.79 Å². The summed E-state index contributed by atoms with van der Waals surface area (Å²) in [4.78, 5) is 41.6. The smallest absolute Gasteiger partial charge is 0.408 e. The number of ether oxygens (including phenoxy) is 2. The van der Waals surface area contributed by atoms with Gasteiger partial charge in [0.25, 0.3) is 5.91 Å². The highest BCUT2D eigenvalue weighted by Crippen LogP contribution is 2.29. The Kier molecular flexibility index (Phi) is 10.1.